The van der Waals surface area contributed by atoms with E-state index in [0.717, 1.165) is 5.56 Å². The standard InChI is InChI=1S/C14H20N2O4S/c17-8-10-12(19)13(20)11(18)7-16(10)14(21)15-6-9-4-2-1-3-5-9/h1-5,10-13,17-20H,6-8H2,(H,15,21)/t10-,11+,12+,13-/m1/s1. The Labute approximate surface area is 128 Å². The highest BCUT2D eigenvalue weighted by Gasteiger charge is 2.41. The molecule has 1 aromatic carbocycles. The maximum atomic E-state index is 9.91. The van der Waals surface area contributed by atoms with Crippen LogP contribution in [0.5, 0.6) is 0 Å². The lowest BCUT2D eigenvalue weighted by molar-refractivity contribution is -0.128. The van der Waals surface area contributed by atoms with Crippen LogP contribution in [0.25, 0.3) is 0 Å². The Morgan fingerprint density at radius 1 is 1.19 bits per heavy atom. The molecule has 7 heteroatoms. The summed E-state index contributed by atoms with van der Waals surface area (Å²) in [5.41, 5.74) is 1.04. The minimum atomic E-state index is -1.28. The molecule has 6 nitrogen and oxygen atoms in total. The van der Waals surface area contributed by atoms with Crippen LogP contribution in [-0.2, 0) is 6.54 Å². The summed E-state index contributed by atoms with van der Waals surface area (Å²) in [5, 5.41) is 42.1. The molecule has 0 saturated carbocycles. The lowest BCUT2D eigenvalue weighted by Gasteiger charge is -2.44. The first kappa shape index (κ1) is 16.1. The molecular weight excluding hydrogens is 292 g/mol. The normalized spacial score (nSPS) is 29.2. The van der Waals surface area contributed by atoms with E-state index in [1.165, 1.54) is 4.90 Å². The maximum Gasteiger partial charge on any atom is 0.169 e. The average Bonchev–Trinajstić information content (AvgIpc) is 2.51. The number of aliphatic hydroxyl groups is 4. The van der Waals surface area contributed by atoms with Crippen LogP contribution in [0.15, 0.2) is 30.3 Å². The van der Waals surface area contributed by atoms with Gasteiger partial charge >= 0.3 is 0 Å². The van der Waals surface area contributed by atoms with Crippen LogP contribution in [0.1, 0.15) is 5.56 Å². The van der Waals surface area contributed by atoms with E-state index in [1.807, 2.05) is 30.3 Å². The summed E-state index contributed by atoms with van der Waals surface area (Å²) in [6.07, 6.45) is -3.65. The topological polar surface area (TPSA) is 96.2 Å². The van der Waals surface area contributed by atoms with Crippen molar-refractivity contribution in [2.75, 3.05) is 13.2 Å². The fraction of sp³-hybridized carbons (Fsp3) is 0.500. The summed E-state index contributed by atoms with van der Waals surface area (Å²) in [5.74, 6) is 0. The summed E-state index contributed by atoms with van der Waals surface area (Å²) in [4.78, 5) is 1.51. The van der Waals surface area contributed by atoms with Gasteiger partial charge in [0, 0.05) is 13.1 Å². The second kappa shape index (κ2) is 7.15. The Bertz CT molecular complexity index is 473. The van der Waals surface area contributed by atoms with Gasteiger partial charge in [-0.2, -0.15) is 0 Å². The molecule has 1 aliphatic rings. The lowest BCUT2D eigenvalue weighted by Crippen LogP contribution is -2.65. The summed E-state index contributed by atoms with van der Waals surface area (Å²) < 4.78 is 0. The van der Waals surface area contributed by atoms with Gasteiger partial charge in [-0.3, -0.25) is 0 Å². The number of hydrogen-bond donors (Lipinski definition) is 5. The molecule has 0 amide bonds. The van der Waals surface area contributed by atoms with Gasteiger partial charge < -0.3 is 30.6 Å². The highest BCUT2D eigenvalue weighted by Crippen LogP contribution is 2.19. The first-order valence-electron chi connectivity index (χ1n) is 6.78. The molecule has 21 heavy (non-hydrogen) atoms. The summed E-state index contributed by atoms with van der Waals surface area (Å²) in [6, 6.07) is 8.91. The second-order valence-corrected chi connectivity index (χ2v) is 5.48. The highest BCUT2D eigenvalue weighted by atomic mass is 32.1. The average molecular weight is 312 g/mol. The molecule has 1 saturated heterocycles. The smallest absolute Gasteiger partial charge is 0.169 e. The van der Waals surface area contributed by atoms with E-state index in [2.05, 4.69) is 5.32 Å². The van der Waals surface area contributed by atoms with Gasteiger partial charge in [-0.15, -0.1) is 0 Å². The third-order valence-electron chi connectivity index (χ3n) is 3.66. The van der Waals surface area contributed by atoms with Crippen LogP contribution in [0.2, 0.25) is 0 Å². The number of nitrogens with zero attached hydrogens (tertiary/aromatic N) is 1. The van der Waals surface area contributed by atoms with E-state index in [9.17, 15) is 20.4 Å². The van der Waals surface area contributed by atoms with Crippen LogP contribution in [0.3, 0.4) is 0 Å². The van der Waals surface area contributed by atoms with E-state index in [-0.39, 0.29) is 13.2 Å². The van der Waals surface area contributed by atoms with E-state index in [1.54, 1.807) is 0 Å². The van der Waals surface area contributed by atoms with Crippen molar-refractivity contribution in [2.24, 2.45) is 0 Å². The number of nitrogens with one attached hydrogen (secondary N) is 1. The van der Waals surface area contributed by atoms with Crippen LogP contribution < -0.4 is 5.32 Å². The second-order valence-electron chi connectivity index (χ2n) is 5.10. The molecule has 0 aromatic heterocycles. The van der Waals surface area contributed by atoms with Gasteiger partial charge in [0.1, 0.15) is 18.3 Å². The van der Waals surface area contributed by atoms with Crippen molar-refractivity contribution in [2.45, 2.75) is 30.9 Å². The molecule has 0 unspecified atom stereocenters. The Morgan fingerprint density at radius 3 is 2.48 bits per heavy atom. The van der Waals surface area contributed by atoms with Crippen molar-refractivity contribution >= 4 is 17.3 Å². The monoisotopic (exact) mass is 312 g/mol. The molecule has 5 N–H and O–H groups in total. The van der Waals surface area contributed by atoms with Crippen molar-refractivity contribution in [3.63, 3.8) is 0 Å². The minimum Gasteiger partial charge on any atom is -0.394 e. The Hall–Kier alpha value is -1.25. The van der Waals surface area contributed by atoms with Gasteiger partial charge in [-0.05, 0) is 17.8 Å². The molecule has 116 valence electrons. The maximum absolute atomic E-state index is 9.91. The molecule has 0 bridgehead atoms. The fourth-order valence-electron chi connectivity index (χ4n) is 2.40. The zero-order valence-corrected chi connectivity index (χ0v) is 12.3. The van der Waals surface area contributed by atoms with Crippen LogP contribution in [0.4, 0.5) is 0 Å². The number of β-amino-alcohol motifs (C(OH)–C–C–N with tert-alkyl or cyclic N) is 1. The first-order chi connectivity index (χ1) is 10.0. The zero-order valence-electron chi connectivity index (χ0n) is 11.5. The SMILES string of the molecule is OC[C@@H]1[C@H](O)[C@H](O)[C@@H](O)CN1C(=S)NCc1ccccc1. The van der Waals surface area contributed by atoms with Crippen molar-refractivity contribution in [1.82, 2.24) is 10.2 Å². The molecule has 4 atom stereocenters. The Kier molecular flexibility index (Phi) is 5.49. The van der Waals surface area contributed by atoms with Crippen molar-refractivity contribution < 1.29 is 20.4 Å². The molecule has 1 aliphatic heterocycles. The van der Waals surface area contributed by atoms with Gasteiger partial charge in [-0.25, -0.2) is 0 Å². The Morgan fingerprint density at radius 2 is 1.86 bits per heavy atom. The third kappa shape index (κ3) is 3.69. The molecule has 0 aliphatic carbocycles. The van der Waals surface area contributed by atoms with Gasteiger partial charge in [-0.1, -0.05) is 30.3 Å². The number of piperidine rings is 1. The molecule has 0 radical (unpaired) electrons. The molecule has 1 fully saturated rings. The number of rotatable bonds is 3. The largest absolute Gasteiger partial charge is 0.394 e. The van der Waals surface area contributed by atoms with Crippen LogP contribution in [-0.4, -0.2) is 67.9 Å². The lowest BCUT2D eigenvalue weighted by atomic mass is 9.95. The first-order valence-corrected chi connectivity index (χ1v) is 7.19. The van der Waals surface area contributed by atoms with Crippen molar-refractivity contribution in [1.29, 1.82) is 0 Å². The number of likely N-dealkylation sites (tertiary alicyclic amines) is 1. The zero-order chi connectivity index (χ0) is 15.4. The molecule has 0 spiro atoms. The van der Waals surface area contributed by atoms with Crippen molar-refractivity contribution in [3.05, 3.63) is 35.9 Å². The molecular formula is C14H20N2O4S. The van der Waals surface area contributed by atoms with E-state index >= 15 is 0 Å². The van der Waals surface area contributed by atoms with Crippen LogP contribution >= 0.6 is 12.2 Å². The number of thiocarbonyl (C=S) groups is 1. The number of benzene rings is 1. The highest BCUT2D eigenvalue weighted by molar-refractivity contribution is 7.80. The predicted molar refractivity (Wildman–Crippen MR) is 81.5 cm³/mol. The van der Waals surface area contributed by atoms with Gasteiger partial charge in [0.05, 0.1) is 12.6 Å². The fourth-order valence-corrected chi connectivity index (χ4v) is 2.68. The third-order valence-corrected chi connectivity index (χ3v) is 4.04. The summed E-state index contributed by atoms with van der Waals surface area (Å²) in [6.45, 7) is 0.200. The number of aliphatic hydroxyl groups excluding tert-OH is 4. The van der Waals surface area contributed by atoms with Crippen LogP contribution in [0, 0.1) is 0 Å². The van der Waals surface area contributed by atoms with Gasteiger partial charge in [0.25, 0.3) is 0 Å². The van der Waals surface area contributed by atoms with Crippen molar-refractivity contribution in [3.8, 4) is 0 Å². The molecule has 2 rings (SSSR count). The number of hydrogen-bond acceptors (Lipinski definition) is 5. The van der Waals surface area contributed by atoms with E-state index in [0.29, 0.717) is 11.7 Å². The van der Waals surface area contributed by atoms with Gasteiger partial charge in [0.2, 0.25) is 0 Å². The Balaban J connectivity index is 2.00. The van der Waals surface area contributed by atoms with E-state index in [4.69, 9.17) is 12.2 Å². The minimum absolute atomic E-state index is 0.0596. The molecule has 1 heterocycles. The summed E-state index contributed by atoms with van der Waals surface area (Å²) >= 11 is 5.26. The quantitative estimate of drug-likeness (QED) is 0.448. The van der Waals surface area contributed by atoms with E-state index < -0.39 is 24.4 Å². The molecule has 1 aromatic rings. The summed E-state index contributed by atoms with van der Waals surface area (Å²) in [7, 11) is 0. The predicted octanol–water partition coefficient (Wildman–Crippen LogP) is -1.18. The van der Waals surface area contributed by atoms with Gasteiger partial charge in [0.15, 0.2) is 5.11 Å².